The molecule has 0 unspecified atom stereocenters. The van der Waals surface area contributed by atoms with E-state index < -0.39 is 0 Å². The van der Waals surface area contributed by atoms with Gasteiger partial charge in [0.2, 0.25) is 5.91 Å². The molecular formula is C23H23NO4. The molecule has 0 aliphatic carbocycles. The molecule has 0 atom stereocenters. The Morgan fingerprint density at radius 1 is 0.786 bits per heavy atom. The topological polar surface area (TPSA) is 56.8 Å². The highest BCUT2D eigenvalue weighted by Crippen LogP contribution is 2.29. The number of hydrogen-bond donors (Lipinski definition) is 1. The first-order valence-corrected chi connectivity index (χ1v) is 9.02. The van der Waals surface area contributed by atoms with Crippen LogP contribution in [-0.2, 0) is 11.2 Å². The van der Waals surface area contributed by atoms with Crippen molar-refractivity contribution in [3.63, 3.8) is 0 Å². The van der Waals surface area contributed by atoms with E-state index in [0.29, 0.717) is 18.6 Å². The summed E-state index contributed by atoms with van der Waals surface area (Å²) in [5.74, 6) is 2.84. The third-order valence-corrected chi connectivity index (χ3v) is 4.25. The Balaban J connectivity index is 1.57. The predicted molar refractivity (Wildman–Crippen MR) is 109 cm³/mol. The van der Waals surface area contributed by atoms with E-state index in [4.69, 9.17) is 14.2 Å². The Morgan fingerprint density at radius 3 is 2.00 bits per heavy atom. The van der Waals surface area contributed by atoms with Crippen molar-refractivity contribution in [2.45, 2.75) is 12.8 Å². The first-order valence-electron chi connectivity index (χ1n) is 9.02. The predicted octanol–water partition coefficient (Wildman–Crippen LogP) is 5.07. The number of nitrogens with one attached hydrogen (secondary N) is 1. The van der Waals surface area contributed by atoms with Crippen molar-refractivity contribution in [2.75, 3.05) is 19.5 Å². The summed E-state index contributed by atoms with van der Waals surface area (Å²) in [6.45, 7) is 0. The molecule has 1 amide bonds. The molecular weight excluding hydrogens is 354 g/mol. The van der Waals surface area contributed by atoms with Crippen molar-refractivity contribution in [3.05, 3.63) is 78.4 Å². The maximum Gasteiger partial charge on any atom is 0.224 e. The zero-order valence-electron chi connectivity index (χ0n) is 16.0. The van der Waals surface area contributed by atoms with Crippen LogP contribution in [0.4, 0.5) is 5.69 Å². The first-order chi connectivity index (χ1) is 13.7. The first kappa shape index (κ1) is 19.3. The largest absolute Gasteiger partial charge is 0.496 e. The van der Waals surface area contributed by atoms with Gasteiger partial charge in [0.15, 0.2) is 0 Å². The van der Waals surface area contributed by atoms with Gasteiger partial charge in [-0.2, -0.15) is 0 Å². The molecule has 0 saturated heterocycles. The SMILES string of the molecule is COc1cccc(OC)c1CCC(=O)Nc1ccc(Oc2ccccc2)cc1. The van der Waals surface area contributed by atoms with Crippen LogP contribution in [0.1, 0.15) is 12.0 Å². The summed E-state index contributed by atoms with van der Waals surface area (Å²) in [4.78, 5) is 12.3. The van der Waals surface area contributed by atoms with Crippen molar-refractivity contribution in [3.8, 4) is 23.0 Å². The lowest BCUT2D eigenvalue weighted by Gasteiger charge is -2.13. The van der Waals surface area contributed by atoms with Crippen molar-refractivity contribution >= 4 is 11.6 Å². The van der Waals surface area contributed by atoms with Crippen LogP contribution in [0.5, 0.6) is 23.0 Å². The minimum Gasteiger partial charge on any atom is -0.496 e. The van der Waals surface area contributed by atoms with E-state index in [1.54, 1.807) is 14.2 Å². The maximum absolute atomic E-state index is 12.3. The van der Waals surface area contributed by atoms with Gasteiger partial charge in [-0.1, -0.05) is 24.3 Å². The summed E-state index contributed by atoms with van der Waals surface area (Å²) >= 11 is 0. The summed E-state index contributed by atoms with van der Waals surface area (Å²) in [5, 5.41) is 2.90. The molecule has 0 aliphatic heterocycles. The minimum atomic E-state index is -0.0790. The molecule has 28 heavy (non-hydrogen) atoms. The molecule has 3 aromatic carbocycles. The second-order valence-corrected chi connectivity index (χ2v) is 6.13. The van der Waals surface area contributed by atoms with Gasteiger partial charge in [-0.25, -0.2) is 0 Å². The van der Waals surface area contributed by atoms with Gasteiger partial charge in [0.25, 0.3) is 0 Å². The van der Waals surface area contributed by atoms with E-state index in [-0.39, 0.29) is 5.91 Å². The Hall–Kier alpha value is -3.47. The molecule has 5 heteroatoms. The second kappa shape index (κ2) is 9.46. The molecule has 3 rings (SSSR count). The van der Waals surface area contributed by atoms with Crippen LogP contribution in [0.15, 0.2) is 72.8 Å². The Kier molecular flexibility index (Phi) is 6.52. The summed E-state index contributed by atoms with van der Waals surface area (Å²) in [6.07, 6.45) is 0.840. The number of amides is 1. The Labute approximate surface area is 164 Å². The molecule has 5 nitrogen and oxygen atoms in total. The molecule has 0 spiro atoms. The number of methoxy groups -OCH3 is 2. The minimum absolute atomic E-state index is 0.0790. The number of carbonyl (C=O) groups is 1. The van der Waals surface area contributed by atoms with Gasteiger partial charge in [-0.15, -0.1) is 0 Å². The van der Waals surface area contributed by atoms with Gasteiger partial charge in [-0.05, 0) is 55.0 Å². The van der Waals surface area contributed by atoms with E-state index >= 15 is 0 Å². The molecule has 144 valence electrons. The number of carbonyl (C=O) groups excluding carboxylic acids is 1. The molecule has 0 aromatic heterocycles. The van der Waals surface area contributed by atoms with Crippen molar-refractivity contribution in [1.29, 1.82) is 0 Å². The highest BCUT2D eigenvalue weighted by Gasteiger charge is 2.12. The van der Waals surface area contributed by atoms with Gasteiger partial charge in [-0.3, -0.25) is 4.79 Å². The zero-order chi connectivity index (χ0) is 19.8. The summed E-state index contributed by atoms with van der Waals surface area (Å²) in [5.41, 5.74) is 1.60. The lowest BCUT2D eigenvalue weighted by Crippen LogP contribution is -2.12. The summed E-state index contributed by atoms with van der Waals surface area (Å²) < 4.78 is 16.5. The third-order valence-electron chi connectivity index (χ3n) is 4.25. The molecule has 0 heterocycles. The lowest BCUT2D eigenvalue weighted by molar-refractivity contribution is -0.116. The van der Waals surface area contributed by atoms with Crippen LogP contribution in [0, 0.1) is 0 Å². The fraction of sp³-hybridized carbons (Fsp3) is 0.174. The molecule has 1 N–H and O–H groups in total. The van der Waals surface area contributed by atoms with E-state index in [1.807, 2.05) is 72.8 Å². The lowest BCUT2D eigenvalue weighted by atomic mass is 10.1. The fourth-order valence-electron chi connectivity index (χ4n) is 2.87. The van der Waals surface area contributed by atoms with Gasteiger partial charge in [0.05, 0.1) is 14.2 Å². The highest BCUT2D eigenvalue weighted by molar-refractivity contribution is 5.91. The summed E-state index contributed by atoms with van der Waals surface area (Å²) in [7, 11) is 3.22. The van der Waals surface area contributed by atoms with Crippen molar-refractivity contribution in [2.24, 2.45) is 0 Å². The Morgan fingerprint density at radius 2 is 1.39 bits per heavy atom. The zero-order valence-corrected chi connectivity index (χ0v) is 16.0. The van der Waals surface area contributed by atoms with Gasteiger partial charge in [0.1, 0.15) is 23.0 Å². The molecule has 0 fully saturated rings. The Bertz CT molecular complexity index is 885. The van der Waals surface area contributed by atoms with Gasteiger partial charge < -0.3 is 19.5 Å². The van der Waals surface area contributed by atoms with Gasteiger partial charge in [0, 0.05) is 17.7 Å². The van der Waals surface area contributed by atoms with Gasteiger partial charge >= 0.3 is 0 Å². The number of ether oxygens (including phenoxy) is 3. The van der Waals surface area contributed by atoms with Crippen LogP contribution >= 0.6 is 0 Å². The molecule has 0 saturated carbocycles. The van der Waals surface area contributed by atoms with E-state index in [2.05, 4.69) is 5.32 Å². The van der Waals surface area contributed by atoms with E-state index in [0.717, 1.165) is 28.5 Å². The standard InChI is InChI=1S/C23H23NO4/c1-26-21-9-6-10-22(27-2)20(21)15-16-23(25)24-17-11-13-19(14-12-17)28-18-7-4-3-5-8-18/h3-14H,15-16H2,1-2H3,(H,24,25). The van der Waals surface area contributed by atoms with Crippen LogP contribution in [0.25, 0.3) is 0 Å². The smallest absolute Gasteiger partial charge is 0.224 e. The highest BCUT2D eigenvalue weighted by atomic mass is 16.5. The normalized spacial score (nSPS) is 10.2. The number of para-hydroxylation sites is 1. The fourth-order valence-corrected chi connectivity index (χ4v) is 2.87. The summed E-state index contributed by atoms with van der Waals surface area (Å²) in [6, 6.07) is 22.4. The van der Waals surface area contributed by atoms with E-state index in [9.17, 15) is 4.79 Å². The molecule has 3 aromatic rings. The van der Waals surface area contributed by atoms with Crippen molar-refractivity contribution in [1.82, 2.24) is 0 Å². The molecule has 0 aliphatic rings. The molecule has 0 bridgehead atoms. The second-order valence-electron chi connectivity index (χ2n) is 6.13. The number of benzene rings is 3. The van der Waals surface area contributed by atoms with Crippen LogP contribution in [-0.4, -0.2) is 20.1 Å². The molecule has 0 radical (unpaired) electrons. The third kappa shape index (κ3) is 5.04. The van der Waals surface area contributed by atoms with E-state index in [1.165, 1.54) is 0 Å². The quantitative estimate of drug-likeness (QED) is 0.596. The monoisotopic (exact) mass is 377 g/mol. The number of rotatable bonds is 8. The number of anilines is 1. The maximum atomic E-state index is 12.3. The average Bonchev–Trinajstić information content (AvgIpc) is 2.74. The van der Waals surface area contributed by atoms with Crippen LogP contribution < -0.4 is 19.5 Å². The van der Waals surface area contributed by atoms with Crippen LogP contribution in [0.2, 0.25) is 0 Å². The van der Waals surface area contributed by atoms with Crippen LogP contribution in [0.3, 0.4) is 0 Å². The number of hydrogen-bond acceptors (Lipinski definition) is 4. The van der Waals surface area contributed by atoms with Crippen molar-refractivity contribution < 1.29 is 19.0 Å². The average molecular weight is 377 g/mol.